The van der Waals surface area contributed by atoms with E-state index in [4.69, 9.17) is 16.3 Å². The lowest BCUT2D eigenvalue weighted by Gasteiger charge is -2.37. The van der Waals surface area contributed by atoms with Gasteiger partial charge >= 0.3 is 12.4 Å². The fraction of sp³-hybridized carbons (Fsp3) is 0.280. The Morgan fingerprint density at radius 1 is 1.05 bits per heavy atom. The van der Waals surface area contributed by atoms with Crippen LogP contribution < -0.4 is 10.3 Å². The molecule has 0 aliphatic rings. The Morgan fingerprint density at radius 2 is 1.70 bits per heavy atom. The van der Waals surface area contributed by atoms with Crippen LogP contribution in [0.5, 0.6) is 11.5 Å². The first-order chi connectivity index (χ1) is 17.0. The molecule has 0 spiro atoms. The van der Waals surface area contributed by atoms with E-state index in [9.17, 15) is 41.0 Å². The molecule has 2 aromatic carbocycles. The van der Waals surface area contributed by atoms with Gasteiger partial charge in [0.1, 0.15) is 17.8 Å². The Balaban J connectivity index is 2.05. The molecule has 0 fully saturated rings. The van der Waals surface area contributed by atoms with Gasteiger partial charge in [0.15, 0.2) is 5.60 Å². The van der Waals surface area contributed by atoms with E-state index in [-0.39, 0.29) is 33.7 Å². The van der Waals surface area contributed by atoms with Crippen molar-refractivity contribution in [2.45, 2.75) is 37.7 Å². The van der Waals surface area contributed by atoms with Crippen LogP contribution >= 0.6 is 11.6 Å². The molecule has 2 atom stereocenters. The number of nitrogens with zero attached hydrogens (tertiary/aromatic N) is 1. The summed E-state index contributed by atoms with van der Waals surface area (Å²) in [7, 11) is 1.25. The number of aryl methyl sites for hydroxylation is 2. The number of ether oxygens (including phenoxy) is 1. The zero-order valence-electron chi connectivity index (χ0n) is 19.5. The smallest absolute Gasteiger partial charge is 0.422 e. The first-order valence-electron chi connectivity index (χ1n) is 10.6. The van der Waals surface area contributed by atoms with Crippen molar-refractivity contribution in [1.29, 1.82) is 0 Å². The third-order valence-electron chi connectivity index (χ3n) is 5.97. The molecule has 0 radical (unpaired) electrons. The van der Waals surface area contributed by atoms with Crippen molar-refractivity contribution >= 4 is 17.9 Å². The molecule has 3 aromatic rings. The number of pyridine rings is 1. The van der Waals surface area contributed by atoms with Gasteiger partial charge in [-0.1, -0.05) is 24.6 Å². The average Bonchev–Trinajstić information content (AvgIpc) is 2.80. The second-order valence-electron chi connectivity index (χ2n) is 8.47. The predicted octanol–water partition coefficient (Wildman–Crippen LogP) is 6.52. The Labute approximate surface area is 211 Å². The lowest BCUT2D eigenvalue weighted by Crippen LogP contribution is -2.47. The molecule has 1 heterocycles. The lowest BCUT2D eigenvalue weighted by molar-refractivity contribution is -0.274. The van der Waals surface area contributed by atoms with Crippen molar-refractivity contribution in [3.05, 3.63) is 91.9 Å². The van der Waals surface area contributed by atoms with Gasteiger partial charge in [0.2, 0.25) is 0 Å². The number of hydrogen-bond donors (Lipinski definition) is 1. The Morgan fingerprint density at radius 3 is 2.22 bits per heavy atom. The maximum Gasteiger partial charge on any atom is 0.422 e. The molecule has 2 unspecified atom stereocenters. The van der Waals surface area contributed by atoms with E-state index < -0.39 is 46.3 Å². The van der Waals surface area contributed by atoms with Gasteiger partial charge < -0.3 is 14.4 Å². The van der Waals surface area contributed by atoms with Crippen LogP contribution in [0.25, 0.3) is 0 Å². The van der Waals surface area contributed by atoms with E-state index in [2.05, 4.69) is 0 Å². The van der Waals surface area contributed by atoms with Crippen molar-refractivity contribution in [2.75, 3.05) is 0 Å². The van der Waals surface area contributed by atoms with Gasteiger partial charge in [0.05, 0.1) is 5.56 Å². The van der Waals surface area contributed by atoms with Crippen molar-refractivity contribution in [3.8, 4) is 11.5 Å². The third-order valence-corrected chi connectivity index (χ3v) is 6.30. The summed E-state index contributed by atoms with van der Waals surface area (Å²) in [4.78, 5) is 22.8. The minimum absolute atomic E-state index is 0.0224. The van der Waals surface area contributed by atoms with Crippen LogP contribution in [0.1, 0.15) is 45.5 Å². The van der Waals surface area contributed by atoms with Crippen LogP contribution in [0.4, 0.5) is 26.3 Å². The number of carbonyl (C=O) groups excluding carboxylic acids is 1. The topological polar surface area (TPSA) is 68.5 Å². The molecule has 5 nitrogen and oxygen atoms in total. The van der Waals surface area contributed by atoms with Crippen molar-refractivity contribution in [1.82, 2.24) is 4.57 Å². The molecule has 0 saturated carbocycles. The van der Waals surface area contributed by atoms with Crippen LogP contribution in [0.2, 0.25) is 5.02 Å². The molecule has 0 aliphatic carbocycles. The predicted molar refractivity (Wildman–Crippen MR) is 123 cm³/mol. The summed E-state index contributed by atoms with van der Waals surface area (Å²) < 4.78 is 89.3. The van der Waals surface area contributed by atoms with Gasteiger partial charge in [-0.2, -0.15) is 26.3 Å². The van der Waals surface area contributed by atoms with Gasteiger partial charge in [-0.25, -0.2) is 0 Å². The van der Waals surface area contributed by atoms with E-state index in [0.717, 1.165) is 54.1 Å². The summed E-state index contributed by atoms with van der Waals surface area (Å²) in [5.41, 5.74) is -6.26. The summed E-state index contributed by atoms with van der Waals surface area (Å²) in [5.74, 6) is -2.58. The van der Waals surface area contributed by atoms with Gasteiger partial charge in [-0.3, -0.25) is 9.59 Å². The molecule has 0 bridgehead atoms. The van der Waals surface area contributed by atoms with Crippen LogP contribution in [0, 0.1) is 6.92 Å². The molecule has 37 heavy (non-hydrogen) atoms. The molecule has 0 aliphatic heterocycles. The number of alkyl halides is 6. The summed E-state index contributed by atoms with van der Waals surface area (Å²) in [5, 5.41) is 10.7. The molecule has 198 valence electrons. The van der Waals surface area contributed by atoms with E-state index in [1.807, 2.05) is 0 Å². The molecule has 3 rings (SSSR count). The molecule has 12 heteroatoms. The molecule has 0 amide bonds. The van der Waals surface area contributed by atoms with Gasteiger partial charge in [-0.05, 0) is 48.9 Å². The highest BCUT2D eigenvalue weighted by Crippen LogP contribution is 2.50. The second-order valence-corrected chi connectivity index (χ2v) is 8.88. The fourth-order valence-electron chi connectivity index (χ4n) is 3.95. The summed E-state index contributed by atoms with van der Waals surface area (Å²) in [6, 6.07) is 6.80. The van der Waals surface area contributed by atoms with Gasteiger partial charge in [0.25, 0.3) is 5.56 Å². The standard InChI is InChI=1S/C25H20ClF6NO4/c1-13-8-16(11-33(3)22(13)35)23(36,25(30,31)32)14(2)18-6-5-17(10-20(18)26)37-21-7-4-15(12-34)9-19(21)24(27,28)29/h4-12,14,36H,1-3H3. The van der Waals surface area contributed by atoms with Crippen LogP contribution in [-0.2, 0) is 18.8 Å². The Bertz CT molecular complexity index is 1370. The first-order valence-corrected chi connectivity index (χ1v) is 11.0. The molecule has 0 saturated heterocycles. The summed E-state index contributed by atoms with van der Waals surface area (Å²) >= 11 is 6.22. The number of aromatic nitrogens is 1. The van der Waals surface area contributed by atoms with E-state index >= 15 is 0 Å². The quantitative estimate of drug-likeness (QED) is 0.282. The molecular formula is C25H20ClF6NO4. The highest BCUT2D eigenvalue weighted by Gasteiger charge is 2.59. The monoisotopic (exact) mass is 547 g/mol. The van der Waals surface area contributed by atoms with Crippen molar-refractivity contribution < 1.29 is 41.0 Å². The normalized spacial score (nSPS) is 14.7. The number of rotatable bonds is 6. The number of aldehydes is 1. The van der Waals surface area contributed by atoms with E-state index in [1.54, 1.807) is 0 Å². The fourth-order valence-corrected chi connectivity index (χ4v) is 4.29. The van der Waals surface area contributed by atoms with Gasteiger partial charge in [-0.15, -0.1) is 0 Å². The lowest BCUT2D eigenvalue weighted by atomic mass is 9.78. The van der Waals surface area contributed by atoms with Gasteiger partial charge in [0, 0.05) is 40.9 Å². The maximum absolute atomic E-state index is 14.3. The van der Waals surface area contributed by atoms with Crippen molar-refractivity contribution in [3.63, 3.8) is 0 Å². The highest BCUT2D eigenvalue weighted by molar-refractivity contribution is 6.31. The van der Waals surface area contributed by atoms with E-state index in [0.29, 0.717) is 6.07 Å². The maximum atomic E-state index is 14.3. The Kier molecular flexibility index (Phi) is 7.54. The van der Waals surface area contributed by atoms with Crippen molar-refractivity contribution in [2.24, 2.45) is 7.05 Å². The molecule has 1 N–H and O–H groups in total. The first kappa shape index (κ1) is 28.3. The van der Waals surface area contributed by atoms with Crippen LogP contribution in [0.15, 0.2) is 53.5 Å². The average molecular weight is 548 g/mol. The molecule has 1 aromatic heterocycles. The molecular weight excluding hydrogens is 528 g/mol. The number of halogens is 7. The zero-order valence-corrected chi connectivity index (χ0v) is 20.3. The highest BCUT2D eigenvalue weighted by atomic mass is 35.5. The SMILES string of the molecule is Cc1cc(C(O)(C(C)c2ccc(Oc3ccc(C=O)cc3C(F)(F)F)cc2Cl)C(F)(F)F)cn(C)c1=O. The van der Waals surface area contributed by atoms with Crippen LogP contribution in [-0.4, -0.2) is 22.1 Å². The third kappa shape index (κ3) is 5.37. The Hall–Kier alpha value is -3.31. The van der Waals surface area contributed by atoms with Crippen LogP contribution in [0.3, 0.4) is 0 Å². The summed E-state index contributed by atoms with van der Waals surface area (Å²) in [6.07, 6.45) is -8.94. The number of carbonyl (C=O) groups is 1. The minimum Gasteiger partial charge on any atom is -0.457 e. The number of benzene rings is 2. The second kappa shape index (κ2) is 9.86. The summed E-state index contributed by atoms with van der Waals surface area (Å²) in [6.45, 7) is 2.39. The number of hydrogen-bond acceptors (Lipinski definition) is 4. The van der Waals surface area contributed by atoms with E-state index in [1.165, 1.54) is 14.0 Å². The largest absolute Gasteiger partial charge is 0.457 e. The minimum atomic E-state index is -5.20. The zero-order chi connectivity index (χ0) is 27.9. The number of aliphatic hydroxyl groups is 1.